The number of aryl methyl sites for hydroxylation is 1. The van der Waals surface area contributed by atoms with Crippen LogP contribution in [-0.4, -0.2) is 20.8 Å². The van der Waals surface area contributed by atoms with Crippen molar-refractivity contribution in [3.05, 3.63) is 89.0 Å². The van der Waals surface area contributed by atoms with E-state index in [9.17, 15) is 0 Å². The summed E-state index contributed by atoms with van der Waals surface area (Å²) in [6, 6.07) is 22.6. The molecule has 4 heteroatoms. The number of ether oxygens (including phenoxy) is 3. The van der Waals surface area contributed by atoms with Crippen molar-refractivity contribution in [1.82, 2.24) is 5.32 Å². The molecule has 0 heterocycles. The van der Waals surface area contributed by atoms with Gasteiger partial charge in [-0.1, -0.05) is 48.5 Å². The van der Waals surface area contributed by atoms with E-state index in [2.05, 4.69) is 42.6 Å². The molecule has 0 spiro atoms. The van der Waals surface area contributed by atoms with E-state index in [1.54, 1.807) is 14.2 Å². The highest BCUT2D eigenvalue weighted by Crippen LogP contribution is 2.27. The van der Waals surface area contributed by atoms with Crippen LogP contribution in [0.2, 0.25) is 0 Å². The van der Waals surface area contributed by atoms with Crippen molar-refractivity contribution in [3.8, 4) is 17.2 Å². The monoisotopic (exact) mass is 391 g/mol. The number of rotatable bonds is 10. The lowest BCUT2D eigenvalue weighted by Crippen LogP contribution is -2.17. The van der Waals surface area contributed by atoms with Crippen LogP contribution >= 0.6 is 0 Å². The Bertz CT molecular complexity index is 923. The number of benzene rings is 3. The maximum atomic E-state index is 6.10. The molecule has 0 atom stereocenters. The molecule has 0 aromatic heterocycles. The van der Waals surface area contributed by atoms with Crippen molar-refractivity contribution < 1.29 is 14.2 Å². The molecule has 0 aliphatic heterocycles. The number of methoxy groups -OCH3 is 2. The van der Waals surface area contributed by atoms with Crippen molar-refractivity contribution in [2.75, 3.05) is 20.8 Å². The maximum absolute atomic E-state index is 6.10. The zero-order chi connectivity index (χ0) is 20.5. The molecule has 3 aromatic rings. The average molecular weight is 392 g/mol. The zero-order valence-electron chi connectivity index (χ0n) is 17.4. The van der Waals surface area contributed by atoms with Crippen LogP contribution in [0.1, 0.15) is 22.3 Å². The van der Waals surface area contributed by atoms with E-state index in [-0.39, 0.29) is 0 Å². The summed E-state index contributed by atoms with van der Waals surface area (Å²) >= 11 is 0. The number of hydrogen-bond acceptors (Lipinski definition) is 4. The topological polar surface area (TPSA) is 39.7 Å². The molecule has 1 N–H and O–H groups in total. The Morgan fingerprint density at radius 2 is 1.48 bits per heavy atom. The molecular formula is C25H29NO3. The smallest absolute Gasteiger partial charge is 0.160 e. The summed E-state index contributed by atoms with van der Waals surface area (Å²) in [4.78, 5) is 0. The van der Waals surface area contributed by atoms with Crippen molar-refractivity contribution >= 4 is 0 Å². The summed E-state index contributed by atoms with van der Waals surface area (Å²) in [5.41, 5.74) is 4.83. The molecule has 0 fully saturated rings. The Balaban J connectivity index is 1.53. The highest BCUT2D eigenvalue weighted by atomic mass is 16.5. The number of nitrogens with one attached hydrogen (secondary N) is 1. The lowest BCUT2D eigenvalue weighted by Gasteiger charge is -2.14. The Hall–Kier alpha value is -2.98. The van der Waals surface area contributed by atoms with Crippen LogP contribution in [-0.2, 0) is 19.6 Å². The molecule has 0 aliphatic carbocycles. The molecule has 3 aromatic carbocycles. The summed E-state index contributed by atoms with van der Waals surface area (Å²) in [6.45, 7) is 4.31. The largest absolute Gasteiger partial charge is 0.493 e. The van der Waals surface area contributed by atoms with E-state index in [0.29, 0.717) is 6.61 Å². The van der Waals surface area contributed by atoms with Crippen molar-refractivity contribution in [1.29, 1.82) is 0 Å². The standard InChI is InChI=1S/C25H29NO3/c1-19-8-4-5-10-22(19)18-29-23-11-7-6-9-21(23)17-26-15-14-20-12-13-24(27-2)25(16-20)28-3/h4-13,16,26H,14-15,17-18H2,1-3H3. The molecular weight excluding hydrogens is 362 g/mol. The van der Waals surface area contributed by atoms with Crippen LogP contribution in [0.15, 0.2) is 66.7 Å². The third kappa shape index (κ3) is 5.75. The summed E-state index contributed by atoms with van der Waals surface area (Å²) < 4.78 is 16.8. The van der Waals surface area contributed by atoms with Crippen LogP contribution in [0.4, 0.5) is 0 Å². The predicted octanol–water partition coefficient (Wildman–Crippen LogP) is 4.92. The van der Waals surface area contributed by atoms with Gasteiger partial charge in [0.15, 0.2) is 11.5 Å². The van der Waals surface area contributed by atoms with Crippen LogP contribution < -0.4 is 19.5 Å². The molecule has 0 aliphatic rings. The maximum Gasteiger partial charge on any atom is 0.160 e. The Morgan fingerprint density at radius 3 is 2.24 bits per heavy atom. The van der Waals surface area contributed by atoms with E-state index >= 15 is 0 Å². The fraction of sp³-hybridized carbons (Fsp3) is 0.280. The van der Waals surface area contributed by atoms with Gasteiger partial charge in [-0.3, -0.25) is 0 Å². The van der Waals surface area contributed by atoms with E-state index < -0.39 is 0 Å². The quantitative estimate of drug-likeness (QED) is 0.498. The van der Waals surface area contributed by atoms with Gasteiger partial charge >= 0.3 is 0 Å². The molecule has 0 radical (unpaired) electrons. The normalized spacial score (nSPS) is 10.6. The van der Waals surface area contributed by atoms with Gasteiger partial charge in [-0.2, -0.15) is 0 Å². The Labute approximate surface area is 173 Å². The molecule has 3 rings (SSSR count). The lowest BCUT2D eigenvalue weighted by atomic mass is 10.1. The fourth-order valence-electron chi connectivity index (χ4n) is 3.21. The number of hydrogen-bond donors (Lipinski definition) is 1. The predicted molar refractivity (Wildman–Crippen MR) is 117 cm³/mol. The van der Waals surface area contributed by atoms with Gasteiger partial charge in [-0.15, -0.1) is 0 Å². The SMILES string of the molecule is COc1ccc(CCNCc2ccccc2OCc2ccccc2C)cc1OC. The van der Waals surface area contributed by atoms with Gasteiger partial charge in [0.1, 0.15) is 12.4 Å². The van der Waals surface area contributed by atoms with Gasteiger partial charge in [0.05, 0.1) is 14.2 Å². The minimum absolute atomic E-state index is 0.579. The van der Waals surface area contributed by atoms with E-state index in [4.69, 9.17) is 14.2 Å². The highest BCUT2D eigenvalue weighted by Gasteiger charge is 2.06. The first kappa shape index (κ1) is 20.7. The van der Waals surface area contributed by atoms with Crippen LogP contribution in [0, 0.1) is 6.92 Å². The molecule has 29 heavy (non-hydrogen) atoms. The molecule has 0 unspecified atom stereocenters. The van der Waals surface area contributed by atoms with Crippen LogP contribution in [0.3, 0.4) is 0 Å². The fourth-order valence-corrected chi connectivity index (χ4v) is 3.21. The van der Waals surface area contributed by atoms with Crippen LogP contribution in [0.25, 0.3) is 0 Å². The second-order valence-corrected chi connectivity index (χ2v) is 6.94. The van der Waals surface area contributed by atoms with Gasteiger partial charge in [0.25, 0.3) is 0 Å². The van der Waals surface area contributed by atoms with Gasteiger partial charge in [0, 0.05) is 12.1 Å². The van der Waals surface area contributed by atoms with Gasteiger partial charge in [-0.25, -0.2) is 0 Å². The van der Waals surface area contributed by atoms with E-state index in [1.807, 2.05) is 36.4 Å². The molecule has 152 valence electrons. The van der Waals surface area contributed by atoms with Gasteiger partial charge in [0.2, 0.25) is 0 Å². The molecule has 0 saturated carbocycles. The Morgan fingerprint density at radius 1 is 0.759 bits per heavy atom. The third-order valence-corrected chi connectivity index (χ3v) is 4.97. The first-order valence-electron chi connectivity index (χ1n) is 9.88. The van der Waals surface area contributed by atoms with Crippen LogP contribution in [0.5, 0.6) is 17.2 Å². The van der Waals surface area contributed by atoms with E-state index in [0.717, 1.165) is 42.3 Å². The molecule has 0 saturated heterocycles. The lowest BCUT2D eigenvalue weighted by molar-refractivity contribution is 0.301. The highest BCUT2D eigenvalue weighted by molar-refractivity contribution is 5.43. The van der Waals surface area contributed by atoms with E-state index in [1.165, 1.54) is 16.7 Å². The first-order chi connectivity index (χ1) is 14.2. The number of para-hydroxylation sites is 1. The second kappa shape index (κ2) is 10.5. The van der Waals surface area contributed by atoms with Crippen molar-refractivity contribution in [3.63, 3.8) is 0 Å². The third-order valence-electron chi connectivity index (χ3n) is 4.97. The minimum Gasteiger partial charge on any atom is -0.493 e. The van der Waals surface area contributed by atoms with Crippen molar-refractivity contribution in [2.45, 2.75) is 26.5 Å². The van der Waals surface area contributed by atoms with Gasteiger partial charge in [-0.05, 0) is 54.8 Å². The average Bonchev–Trinajstić information content (AvgIpc) is 2.76. The minimum atomic E-state index is 0.579. The van der Waals surface area contributed by atoms with Gasteiger partial charge < -0.3 is 19.5 Å². The summed E-state index contributed by atoms with van der Waals surface area (Å²) in [5.74, 6) is 2.44. The summed E-state index contributed by atoms with van der Waals surface area (Å²) in [6.07, 6.45) is 0.909. The first-order valence-corrected chi connectivity index (χ1v) is 9.88. The summed E-state index contributed by atoms with van der Waals surface area (Å²) in [5, 5.41) is 3.51. The second-order valence-electron chi connectivity index (χ2n) is 6.94. The molecule has 4 nitrogen and oxygen atoms in total. The molecule has 0 bridgehead atoms. The van der Waals surface area contributed by atoms with Crippen molar-refractivity contribution in [2.24, 2.45) is 0 Å². The zero-order valence-corrected chi connectivity index (χ0v) is 17.4. The Kier molecular flexibility index (Phi) is 7.54. The molecule has 0 amide bonds. The summed E-state index contributed by atoms with van der Waals surface area (Å²) in [7, 11) is 3.31.